The molecule has 0 aromatic carbocycles. The lowest BCUT2D eigenvalue weighted by molar-refractivity contribution is 0.0662. The quantitative estimate of drug-likeness (QED) is 0.844. The highest BCUT2D eigenvalue weighted by Crippen LogP contribution is 2.16. The van der Waals surface area contributed by atoms with Crippen LogP contribution < -0.4 is 10.5 Å². The van der Waals surface area contributed by atoms with Gasteiger partial charge in [0.2, 0.25) is 5.88 Å². The molecular weight excluding hydrogens is 216 g/mol. The Hall–Kier alpha value is -1.13. The number of aromatic nitrogens is 1. The zero-order valence-corrected chi connectivity index (χ0v) is 10.3. The van der Waals surface area contributed by atoms with E-state index in [1.54, 1.807) is 0 Å². The van der Waals surface area contributed by atoms with E-state index in [4.69, 9.17) is 15.2 Å². The molecule has 2 rings (SSSR count). The van der Waals surface area contributed by atoms with Crippen LogP contribution in [0, 0.1) is 0 Å². The van der Waals surface area contributed by atoms with Gasteiger partial charge in [-0.2, -0.15) is 0 Å². The molecule has 1 aromatic heterocycles. The Kier molecular flexibility index (Phi) is 4.34. The van der Waals surface area contributed by atoms with Crippen molar-refractivity contribution in [3.8, 4) is 5.88 Å². The summed E-state index contributed by atoms with van der Waals surface area (Å²) in [7, 11) is 0. The van der Waals surface area contributed by atoms with Crippen LogP contribution in [0.15, 0.2) is 12.1 Å². The van der Waals surface area contributed by atoms with Crippen molar-refractivity contribution in [1.29, 1.82) is 0 Å². The van der Waals surface area contributed by atoms with Crippen molar-refractivity contribution in [3.63, 3.8) is 0 Å². The predicted octanol–water partition coefficient (Wildman–Crippen LogP) is 1.66. The van der Waals surface area contributed by atoms with E-state index in [-0.39, 0.29) is 6.10 Å². The van der Waals surface area contributed by atoms with Crippen LogP contribution >= 0.6 is 0 Å². The SMILES string of the molecule is CCc1cc(CN)cc(OCC2CCCO2)n1. The number of pyridine rings is 1. The largest absolute Gasteiger partial charge is 0.475 e. The molecule has 0 saturated carbocycles. The third-order valence-electron chi connectivity index (χ3n) is 2.95. The van der Waals surface area contributed by atoms with Gasteiger partial charge >= 0.3 is 0 Å². The van der Waals surface area contributed by atoms with Gasteiger partial charge in [-0.3, -0.25) is 0 Å². The fourth-order valence-corrected chi connectivity index (χ4v) is 1.95. The number of aryl methyl sites for hydroxylation is 1. The molecule has 1 aliphatic heterocycles. The summed E-state index contributed by atoms with van der Waals surface area (Å²) in [6.07, 6.45) is 3.33. The topological polar surface area (TPSA) is 57.4 Å². The Morgan fingerprint density at radius 3 is 3.06 bits per heavy atom. The lowest BCUT2D eigenvalue weighted by atomic mass is 10.2. The minimum absolute atomic E-state index is 0.225. The average molecular weight is 236 g/mol. The second-order valence-electron chi connectivity index (χ2n) is 4.31. The smallest absolute Gasteiger partial charge is 0.213 e. The van der Waals surface area contributed by atoms with E-state index in [1.165, 1.54) is 0 Å². The summed E-state index contributed by atoms with van der Waals surface area (Å²) in [5.41, 5.74) is 7.74. The molecule has 1 fully saturated rings. The van der Waals surface area contributed by atoms with E-state index in [0.29, 0.717) is 19.0 Å². The summed E-state index contributed by atoms with van der Waals surface area (Å²) in [6.45, 7) is 4.03. The maximum absolute atomic E-state index is 5.68. The molecule has 2 N–H and O–H groups in total. The maximum atomic E-state index is 5.68. The second-order valence-corrected chi connectivity index (χ2v) is 4.31. The lowest BCUT2D eigenvalue weighted by Crippen LogP contribution is -2.17. The molecule has 0 bridgehead atoms. The Labute approximate surface area is 102 Å². The van der Waals surface area contributed by atoms with Gasteiger partial charge in [0.25, 0.3) is 0 Å². The van der Waals surface area contributed by atoms with Crippen molar-refractivity contribution >= 4 is 0 Å². The van der Waals surface area contributed by atoms with Crippen molar-refractivity contribution in [2.75, 3.05) is 13.2 Å². The summed E-state index contributed by atoms with van der Waals surface area (Å²) in [4.78, 5) is 4.43. The van der Waals surface area contributed by atoms with Crippen molar-refractivity contribution < 1.29 is 9.47 Å². The van der Waals surface area contributed by atoms with Crippen LogP contribution in [0.4, 0.5) is 0 Å². The lowest BCUT2D eigenvalue weighted by Gasteiger charge is -2.12. The molecule has 1 atom stereocenters. The first-order chi connectivity index (χ1) is 8.31. The number of hydrogen-bond acceptors (Lipinski definition) is 4. The van der Waals surface area contributed by atoms with Crippen LogP contribution in [0.25, 0.3) is 0 Å². The van der Waals surface area contributed by atoms with Crippen LogP contribution in [0.2, 0.25) is 0 Å². The predicted molar refractivity (Wildman–Crippen MR) is 66.0 cm³/mol. The summed E-state index contributed by atoms with van der Waals surface area (Å²) in [5.74, 6) is 0.667. The van der Waals surface area contributed by atoms with E-state index in [1.807, 2.05) is 12.1 Å². The van der Waals surface area contributed by atoms with E-state index < -0.39 is 0 Å². The first-order valence-corrected chi connectivity index (χ1v) is 6.26. The Morgan fingerprint density at radius 1 is 1.53 bits per heavy atom. The van der Waals surface area contributed by atoms with Crippen LogP contribution in [0.5, 0.6) is 5.88 Å². The Morgan fingerprint density at radius 2 is 2.41 bits per heavy atom. The highest BCUT2D eigenvalue weighted by atomic mass is 16.5. The van der Waals surface area contributed by atoms with Crippen molar-refractivity contribution in [3.05, 3.63) is 23.4 Å². The molecule has 0 amide bonds. The number of nitrogens with zero attached hydrogens (tertiary/aromatic N) is 1. The minimum atomic E-state index is 0.225. The molecular formula is C13H20N2O2. The number of nitrogens with two attached hydrogens (primary N) is 1. The molecule has 1 unspecified atom stereocenters. The summed E-state index contributed by atoms with van der Waals surface area (Å²) in [6, 6.07) is 3.94. The maximum Gasteiger partial charge on any atom is 0.213 e. The fraction of sp³-hybridized carbons (Fsp3) is 0.615. The summed E-state index contributed by atoms with van der Waals surface area (Å²) in [5, 5.41) is 0. The van der Waals surface area contributed by atoms with Crippen LogP contribution in [0.1, 0.15) is 31.0 Å². The third kappa shape index (κ3) is 3.41. The highest BCUT2D eigenvalue weighted by molar-refractivity contribution is 5.25. The Bertz CT molecular complexity index is 340. The first-order valence-electron chi connectivity index (χ1n) is 6.26. The normalized spacial score (nSPS) is 19.5. The monoisotopic (exact) mass is 236 g/mol. The van der Waals surface area contributed by atoms with E-state index >= 15 is 0 Å². The zero-order chi connectivity index (χ0) is 12.1. The fourth-order valence-electron chi connectivity index (χ4n) is 1.95. The van der Waals surface area contributed by atoms with Crippen LogP contribution in [0.3, 0.4) is 0 Å². The molecule has 1 aliphatic rings. The molecule has 4 nitrogen and oxygen atoms in total. The van der Waals surface area contributed by atoms with Gasteiger partial charge in [-0.1, -0.05) is 6.92 Å². The van der Waals surface area contributed by atoms with Gasteiger partial charge < -0.3 is 15.2 Å². The minimum Gasteiger partial charge on any atom is -0.475 e. The van der Waals surface area contributed by atoms with E-state index in [0.717, 1.165) is 37.1 Å². The second kappa shape index (κ2) is 5.98. The third-order valence-corrected chi connectivity index (χ3v) is 2.95. The van der Waals surface area contributed by atoms with Gasteiger partial charge in [0.15, 0.2) is 0 Å². The van der Waals surface area contributed by atoms with Crippen molar-refractivity contribution in [1.82, 2.24) is 4.98 Å². The van der Waals surface area contributed by atoms with Gasteiger partial charge in [0.05, 0.1) is 6.10 Å². The molecule has 0 aliphatic carbocycles. The van der Waals surface area contributed by atoms with Gasteiger partial charge in [-0.15, -0.1) is 0 Å². The molecule has 4 heteroatoms. The molecule has 17 heavy (non-hydrogen) atoms. The highest BCUT2D eigenvalue weighted by Gasteiger charge is 2.16. The van der Waals surface area contributed by atoms with Gasteiger partial charge in [-0.05, 0) is 30.9 Å². The summed E-state index contributed by atoms with van der Waals surface area (Å²) < 4.78 is 11.2. The van der Waals surface area contributed by atoms with E-state index in [2.05, 4.69) is 11.9 Å². The first kappa shape index (κ1) is 12.3. The number of rotatable bonds is 5. The molecule has 0 radical (unpaired) electrons. The standard InChI is InChI=1S/C13H20N2O2/c1-2-11-6-10(8-14)7-13(15-11)17-9-12-4-3-5-16-12/h6-7,12H,2-5,8-9,14H2,1H3. The zero-order valence-electron chi connectivity index (χ0n) is 10.3. The molecule has 2 heterocycles. The van der Waals surface area contributed by atoms with Crippen LogP contribution in [-0.4, -0.2) is 24.3 Å². The van der Waals surface area contributed by atoms with Crippen molar-refractivity contribution in [2.24, 2.45) is 5.73 Å². The number of ether oxygens (including phenoxy) is 2. The molecule has 0 spiro atoms. The average Bonchev–Trinajstić information content (AvgIpc) is 2.89. The number of hydrogen-bond donors (Lipinski definition) is 1. The van der Waals surface area contributed by atoms with Crippen LogP contribution in [-0.2, 0) is 17.7 Å². The van der Waals surface area contributed by atoms with Gasteiger partial charge in [-0.25, -0.2) is 4.98 Å². The molecule has 94 valence electrons. The Balaban J connectivity index is 1.98. The molecule has 1 saturated heterocycles. The van der Waals surface area contributed by atoms with Crippen molar-refractivity contribution in [2.45, 2.75) is 38.8 Å². The van der Waals surface area contributed by atoms with Gasteiger partial charge in [0, 0.05) is 24.9 Å². The van der Waals surface area contributed by atoms with E-state index in [9.17, 15) is 0 Å². The van der Waals surface area contributed by atoms with Gasteiger partial charge in [0.1, 0.15) is 6.61 Å². The summed E-state index contributed by atoms with van der Waals surface area (Å²) >= 11 is 0. The molecule has 1 aromatic rings.